The summed E-state index contributed by atoms with van der Waals surface area (Å²) in [6.45, 7) is 4.15. The molecular formula is C11H19N3O3S2. The first-order valence-electron chi connectivity index (χ1n) is 5.99. The molecule has 0 spiro atoms. The molecule has 0 aliphatic heterocycles. The molecule has 0 aromatic carbocycles. The second-order valence-electron chi connectivity index (χ2n) is 3.91. The first-order valence-corrected chi connectivity index (χ1v) is 8.46. The van der Waals surface area contributed by atoms with Crippen molar-refractivity contribution >= 4 is 37.8 Å². The standard InChI is InChI=1S/C11H19N3O3S2/c1-4-6-14-11-9(19(16,17)5-2)7(12)8(18-11)10(15)13-3/h14H,4-6,12H2,1-3H3,(H,13,15). The van der Waals surface area contributed by atoms with Gasteiger partial charge in [-0.1, -0.05) is 13.8 Å². The number of hydrogen-bond acceptors (Lipinski definition) is 6. The van der Waals surface area contributed by atoms with Gasteiger partial charge in [0.05, 0.1) is 11.4 Å². The van der Waals surface area contributed by atoms with Crippen LogP contribution in [0.15, 0.2) is 4.90 Å². The number of hydrogen-bond donors (Lipinski definition) is 3. The van der Waals surface area contributed by atoms with Crippen molar-refractivity contribution in [1.29, 1.82) is 0 Å². The minimum absolute atomic E-state index is 0.0322. The molecule has 0 atom stereocenters. The Labute approximate surface area is 117 Å². The Kier molecular flexibility index (Phi) is 5.19. The Balaban J connectivity index is 3.40. The summed E-state index contributed by atoms with van der Waals surface area (Å²) < 4.78 is 24.2. The molecule has 0 bridgehead atoms. The predicted octanol–water partition coefficient (Wildman–Crippen LogP) is 1.31. The molecule has 0 fully saturated rings. The lowest BCUT2D eigenvalue weighted by Crippen LogP contribution is -2.18. The van der Waals surface area contributed by atoms with Crippen molar-refractivity contribution in [3.63, 3.8) is 0 Å². The van der Waals surface area contributed by atoms with Crippen LogP contribution in [-0.2, 0) is 9.84 Å². The summed E-state index contributed by atoms with van der Waals surface area (Å²) in [6, 6.07) is 0. The van der Waals surface area contributed by atoms with Crippen molar-refractivity contribution < 1.29 is 13.2 Å². The monoisotopic (exact) mass is 305 g/mol. The third-order valence-electron chi connectivity index (χ3n) is 2.56. The van der Waals surface area contributed by atoms with Crippen LogP contribution in [0.5, 0.6) is 0 Å². The normalized spacial score (nSPS) is 11.3. The summed E-state index contributed by atoms with van der Waals surface area (Å²) >= 11 is 1.07. The van der Waals surface area contributed by atoms with E-state index < -0.39 is 9.84 Å². The second-order valence-corrected chi connectivity index (χ2v) is 7.15. The van der Waals surface area contributed by atoms with Crippen LogP contribution in [0.4, 0.5) is 10.7 Å². The number of anilines is 2. The van der Waals surface area contributed by atoms with Crippen molar-refractivity contribution in [2.45, 2.75) is 25.2 Å². The fourth-order valence-corrected chi connectivity index (χ4v) is 4.16. The maximum Gasteiger partial charge on any atom is 0.263 e. The maximum absolute atomic E-state index is 12.1. The minimum Gasteiger partial charge on any atom is -0.396 e. The van der Waals surface area contributed by atoms with Crippen molar-refractivity contribution in [2.24, 2.45) is 0 Å². The van der Waals surface area contributed by atoms with Gasteiger partial charge < -0.3 is 16.4 Å². The molecule has 1 aromatic rings. The summed E-state index contributed by atoms with van der Waals surface area (Å²) in [4.78, 5) is 12.0. The highest BCUT2D eigenvalue weighted by Gasteiger charge is 2.28. The first-order chi connectivity index (χ1) is 8.88. The van der Waals surface area contributed by atoms with Crippen LogP contribution in [0.2, 0.25) is 0 Å². The summed E-state index contributed by atoms with van der Waals surface area (Å²) in [6.07, 6.45) is 0.846. The average molecular weight is 305 g/mol. The predicted molar refractivity (Wildman–Crippen MR) is 78.6 cm³/mol. The molecule has 1 aromatic heterocycles. The van der Waals surface area contributed by atoms with E-state index in [0.29, 0.717) is 11.5 Å². The van der Waals surface area contributed by atoms with Crippen molar-refractivity contribution in [2.75, 3.05) is 30.4 Å². The number of carbonyl (C=O) groups is 1. The van der Waals surface area contributed by atoms with E-state index >= 15 is 0 Å². The number of nitrogen functional groups attached to an aromatic ring is 1. The zero-order chi connectivity index (χ0) is 14.6. The molecule has 0 radical (unpaired) electrons. The van der Waals surface area contributed by atoms with Crippen LogP contribution in [-0.4, -0.2) is 33.7 Å². The molecular weight excluding hydrogens is 286 g/mol. The van der Waals surface area contributed by atoms with E-state index in [1.54, 1.807) is 6.92 Å². The van der Waals surface area contributed by atoms with Crippen molar-refractivity contribution in [3.05, 3.63) is 4.88 Å². The highest BCUT2D eigenvalue weighted by molar-refractivity contribution is 7.91. The number of thiophene rings is 1. The Morgan fingerprint density at radius 1 is 1.37 bits per heavy atom. The molecule has 1 heterocycles. The highest BCUT2D eigenvalue weighted by atomic mass is 32.2. The quantitative estimate of drug-likeness (QED) is 0.735. The Morgan fingerprint density at radius 2 is 2.00 bits per heavy atom. The number of nitrogens with one attached hydrogen (secondary N) is 2. The molecule has 0 unspecified atom stereocenters. The second kappa shape index (κ2) is 6.25. The topological polar surface area (TPSA) is 101 Å². The van der Waals surface area contributed by atoms with Crippen LogP contribution in [0.25, 0.3) is 0 Å². The number of rotatable bonds is 6. The number of carbonyl (C=O) groups excluding carboxylic acids is 1. The Morgan fingerprint density at radius 3 is 2.47 bits per heavy atom. The van der Waals surface area contributed by atoms with Gasteiger partial charge in [-0.15, -0.1) is 11.3 Å². The summed E-state index contributed by atoms with van der Waals surface area (Å²) in [7, 11) is -1.99. The van der Waals surface area contributed by atoms with E-state index in [9.17, 15) is 13.2 Å². The Hall–Kier alpha value is -1.28. The molecule has 1 rings (SSSR count). The maximum atomic E-state index is 12.1. The molecule has 19 heavy (non-hydrogen) atoms. The van der Waals surface area contributed by atoms with Gasteiger partial charge in [0, 0.05) is 13.6 Å². The van der Waals surface area contributed by atoms with Crippen LogP contribution in [0, 0.1) is 0 Å². The lowest BCUT2D eigenvalue weighted by Gasteiger charge is -2.06. The molecule has 0 aliphatic carbocycles. The van der Waals surface area contributed by atoms with Gasteiger partial charge >= 0.3 is 0 Å². The van der Waals surface area contributed by atoms with Crippen LogP contribution in [0.1, 0.15) is 29.9 Å². The van der Waals surface area contributed by atoms with Crippen LogP contribution in [0.3, 0.4) is 0 Å². The van der Waals surface area contributed by atoms with E-state index in [1.807, 2.05) is 6.92 Å². The van der Waals surface area contributed by atoms with E-state index in [0.717, 1.165) is 17.8 Å². The lowest BCUT2D eigenvalue weighted by molar-refractivity contribution is 0.0968. The first kappa shape index (κ1) is 15.8. The van der Waals surface area contributed by atoms with Gasteiger partial charge in [0.1, 0.15) is 14.8 Å². The van der Waals surface area contributed by atoms with Gasteiger partial charge in [-0.2, -0.15) is 0 Å². The fraction of sp³-hybridized carbons (Fsp3) is 0.545. The van der Waals surface area contributed by atoms with E-state index in [2.05, 4.69) is 10.6 Å². The highest BCUT2D eigenvalue weighted by Crippen LogP contribution is 2.39. The molecule has 6 nitrogen and oxygen atoms in total. The molecule has 108 valence electrons. The van der Waals surface area contributed by atoms with Gasteiger partial charge in [-0.25, -0.2) is 8.42 Å². The summed E-state index contributed by atoms with van der Waals surface area (Å²) in [5.74, 6) is -0.429. The molecule has 4 N–H and O–H groups in total. The number of sulfone groups is 1. The van der Waals surface area contributed by atoms with E-state index in [-0.39, 0.29) is 27.1 Å². The SMILES string of the molecule is CCCNc1sc(C(=O)NC)c(N)c1S(=O)(=O)CC. The largest absolute Gasteiger partial charge is 0.396 e. The van der Waals surface area contributed by atoms with Gasteiger partial charge in [0.15, 0.2) is 9.84 Å². The number of amides is 1. The van der Waals surface area contributed by atoms with Gasteiger partial charge in [-0.3, -0.25) is 4.79 Å². The zero-order valence-electron chi connectivity index (χ0n) is 11.2. The summed E-state index contributed by atoms with van der Waals surface area (Å²) in [5.41, 5.74) is 5.88. The minimum atomic E-state index is -3.47. The smallest absolute Gasteiger partial charge is 0.263 e. The lowest BCUT2D eigenvalue weighted by atomic mass is 10.3. The summed E-state index contributed by atoms with van der Waals surface area (Å²) in [5, 5.41) is 5.92. The molecule has 0 aliphatic rings. The molecule has 1 amide bonds. The average Bonchev–Trinajstić information content (AvgIpc) is 2.73. The van der Waals surface area contributed by atoms with Crippen molar-refractivity contribution in [3.8, 4) is 0 Å². The van der Waals surface area contributed by atoms with Crippen LogP contribution >= 0.6 is 11.3 Å². The van der Waals surface area contributed by atoms with E-state index in [1.165, 1.54) is 7.05 Å². The molecule has 0 saturated carbocycles. The van der Waals surface area contributed by atoms with Crippen LogP contribution < -0.4 is 16.4 Å². The van der Waals surface area contributed by atoms with E-state index in [4.69, 9.17) is 5.73 Å². The van der Waals surface area contributed by atoms with Crippen molar-refractivity contribution in [1.82, 2.24) is 5.32 Å². The molecule has 0 saturated heterocycles. The van der Waals surface area contributed by atoms with Gasteiger partial charge in [0.25, 0.3) is 5.91 Å². The Bertz CT molecular complexity index is 564. The third kappa shape index (κ3) is 3.19. The number of nitrogens with two attached hydrogens (primary N) is 1. The molecule has 8 heteroatoms. The third-order valence-corrected chi connectivity index (χ3v) is 5.66. The fourth-order valence-electron chi connectivity index (χ4n) is 1.52. The van der Waals surface area contributed by atoms with Gasteiger partial charge in [0.2, 0.25) is 0 Å². The van der Waals surface area contributed by atoms with Gasteiger partial charge in [-0.05, 0) is 6.42 Å². The zero-order valence-corrected chi connectivity index (χ0v) is 12.9.